The Labute approximate surface area is 415 Å². The van der Waals surface area contributed by atoms with Crippen molar-refractivity contribution >= 4 is 99.5 Å². The first-order chi connectivity index (χ1) is 33.8. The van der Waals surface area contributed by atoms with Crippen LogP contribution in [0.5, 0.6) is 5.75 Å². The number of imide groups is 1. The number of aromatic nitrogens is 1. The van der Waals surface area contributed by atoms with Gasteiger partial charge < -0.3 is 35.7 Å². The van der Waals surface area contributed by atoms with Crippen LogP contribution < -0.4 is 30.7 Å². The van der Waals surface area contributed by atoms with Crippen LogP contribution in [-0.2, 0) is 28.5 Å². The highest BCUT2D eigenvalue weighted by molar-refractivity contribution is 7.46. The molecule has 3 heterocycles. The van der Waals surface area contributed by atoms with Gasteiger partial charge in [-0.1, -0.05) is 64.8 Å². The van der Waals surface area contributed by atoms with Gasteiger partial charge in [-0.3, -0.25) is 48.2 Å². The lowest BCUT2D eigenvalue weighted by Gasteiger charge is -2.27. The number of phosphoric ester groups is 1. The van der Waals surface area contributed by atoms with Crippen molar-refractivity contribution in [1.82, 2.24) is 20.5 Å². The molecule has 4 aromatic carbocycles. The van der Waals surface area contributed by atoms with Crippen molar-refractivity contribution in [2.75, 3.05) is 34.5 Å². The molecular weight excluding hydrogens is 953 g/mol. The van der Waals surface area contributed by atoms with Crippen LogP contribution >= 0.6 is 19.4 Å². The quantitative estimate of drug-likeness (QED) is 0.0164. The molecule has 20 heteroatoms. The van der Waals surface area contributed by atoms with E-state index >= 15 is 0 Å². The van der Waals surface area contributed by atoms with Crippen LogP contribution in [0.15, 0.2) is 91.0 Å². The van der Waals surface area contributed by atoms with E-state index in [9.17, 15) is 47.9 Å². The molecule has 0 radical (unpaired) electrons. The number of rotatable bonds is 21. The van der Waals surface area contributed by atoms with Crippen LogP contribution in [0.25, 0.3) is 21.7 Å². The maximum atomic E-state index is 14.1. The third kappa shape index (κ3) is 12.6. The number of fused-ring (bicyclic) bond motifs is 4. The first-order valence-electron chi connectivity index (χ1n) is 23.5. The molecule has 0 saturated carbocycles. The zero-order chi connectivity index (χ0) is 51.1. The summed E-state index contributed by atoms with van der Waals surface area (Å²) in [6.45, 7) is 8.08. The predicted octanol–water partition coefficient (Wildman–Crippen LogP) is 7.51. The van der Waals surface area contributed by atoms with Gasteiger partial charge in [0.2, 0.25) is 17.7 Å². The van der Waals surface area contributed by atoms with Gasteiger partial charge in [0, 0.05) is 82.8 Å². The Morgan fingerprint density at radius 1 is 0.845 bits per heavy atom. The van der Waals surface area contributed by atoms with Crippen LogP contribution in [0.1, 0.15) is 98.5 Å². The van der Waals surface area contributed by atoms with E-state index in [0.717, 1.165) is 10.5 Å². The van der Waals surface area contributed by atoms with Crippen molar-refractivity contribution in [3.8, 4) is 5.75 Å². The SMILES string of the molecule is CCC(C)[C@H](NC(=O)[C@H](CC(C)C)NC(=O)CCCCCN1C(=O)C=CC1=O)C(=O)Nc1ccc(C(=O)Nc2ccc3[nH]c(C(=O)N4C[C@@H](CCl)c5c4cc(OP(=O)(O)O)c4ccccc54)cc3c2)cc1. The number of hydrogen-bond acceptors (Lipinski definition) is 9. The van der Waals surface area contributed by atoms with E-state index < -0.39 is 43.5 Å². The number of anilines is 3. The summed E-state index contributed by atoms with van der Waals surface area (Å²) >= 11 is 6.41. The standard InChI is InChI=1S/C51H57ClN7O11P/c1-5-30(4)47(57-49(64)39(23-29(2)3)56-43(60)13-7-6-10-22-58-44(61)20-21-45(58)62)50(65)53-34-16-14-31(15-17-34)48(63)54-35-18-19-38-32(24-35)25-40(55-38)51(66)59-28-33(27-52)46-37-12-9-8-11-36(37)42(26-41(46)59)70-71(67,68)69/h8-9,11-12,14-21,24-26,29-30,33,39,47,55H,5-7,10,13,22-23,27-28H2,1-4H3,(H,53,65)(H,54,63)(H,56,60)(H,57,64)(H2,67,68,69)/t30?,33-,39+,47+/m1/s1. The first-order valence-corrected chi connectivity index (χ1v) is 25.6. The number of hydrogen-bond donors (Lipinski definition) is 7. The Bertz CT molecular complexity index is 2930. The van der Waals surface area contributed by atoms with Gasteiger partial charge in [-0.25, -0.2) is 4.57 Å². The minimum Gasteiger partial charge on any atom is -0.404 e. The second kappa shape index (κ2) is 22.5. The summed E-state index contributed by atoms with van der Waals surface area (Å²) in [6.07, 6.45) is 5.16. The largest absolute Gasteiger partial charge is 0.524 e. The van der Waals surface area contributed by atoms with Crippen LogP contribution in [0.2, 0.25) is 0 Å². The molecule has 7 N–H and O–H groups in total. The van der Waals surface area contributed by atoms with Gasteiger partial charge in [0.25, 0.3) is 23.6 Å². The molecular formula is C51H57ClN7O11P. The lowest BCUT2D eigenvalue weighted by molar-refractivity contribution is -0.137. The van der Waals surface area contributed by atoms with Crippen molar-refractivity contribution in [3.05, 3.63) is 108 Å². The molecule has 374 valence electrons. The summed E-state index contributed by atoms with van der Waals surface area (Å²) in [4.78, 5) is 117. The summed E-state index contributed by atoms with van der Waals surface area (Å²) < 4.78 is 17.0. The number of halogens is 1. The fraction of sp³-hybridized carbons (Fsp3) is 0.353. The lowest BCUT2D eigenvalue weighted by atomic mass is 9.95. The van der Waals surface area contributed by atoms with Crippen LogP contribution in [-0.4, -0.2) is 92.1 Å². The van der Waals surface area contributed by atoms with Gasteiger partial charge in [0.05, 0.1) is 5.69 Å². The average Bonchev–Trinajstić information content (AvgIpc) is 4.03. The van der Waals surface area contributed by atoms with E-state index in [1.807, 2.05) is 27.7 Å². The molecule has 5 aromatic rings. The highest BCUT2D eigenvalue weighted by Gasteiger charge is 2.37. The van der Waals surface area contributed by atoms with Gasteiger partial charge in [0.15, 0.2) is 0 Å². The summed E-state index contributed by atoms with van der Waals surface area (Å²) in [5, 5.41) is 13.2. The van der Waals surface area contributed by atoms with Crippen molar-refractivity contribution in [2.24, 2.45) is 11.8 Å². The molecule has 7 rings (SSSR count). The molecule has 2 aliphatic rings. The molecule has 1 unspecified atom stereocenters. The van der Waals surface area contributed by atoms with E-state index in [1.54, 1.807) is 72.8 Å². The normalized spacial score (nSPS) is 15.7. The van der Waals surface area contributed by atoms with E-state index in [-0.39, 0.29) is 77.9 Å². The van der Waals surface area contributed by atoms with Gasteiger partial charge >= 0.3 is 7.82 Å². The number of amides is 7. The molecule has 0 fully saturated rings. The van der Waals surface area contributed by atoms with E-state index in [0.29, 0.717) is 70.8 Å². The highest BCUT2D eigenvalue weighted by atomic mass is 35.5. The number of carbonyl (C=O) groups excluding carboxylic acids is 7. The van der Waals surface area contributed by atoms with Crippen LogP contribution in [0, 0.1) is 11.8 Å². The summed E-state index contributed by atoms with van der Waals surface area (Å²) in [5.41, 5.74) is 3.16. The molecule has 71 heavy (non-hydrogen) atoms. The zero-order valence-electron chi connectivity index (χ0n) is 39.7. The number of nitrogens with zero attached hydrogens (tertiary/aromatic N) is 2. The Hall–Kier alpha value is -6.85. The van der Waals surface area contributed by atoms with Gasteiger partial charge in [-0.2, -0.15) is 0 Å². The minimum absolute atomic E-state index is 0.0495. The van der Waals surface area contributed by atoms with Crippen LogP contribution in [0.3, 0.4) is 0 Å². The Morgan fingerprint density at radius 2 is 1.54 bits per heavy atom. The van der Waals surface area contributed by atoms with Gasteiger partial charge in [0.1, 0.15) is 23.5 Å². The third-order valence-electron chi connectivity index (χ3n) is 12.6. The number of unbranched alkanes of at least 4 members (excludes halogenated alkanes) is 2. The molecule has 0 spiro atoms. The number of benzene rings is 4. The summed E-state index contributed by atoms with van der Waals surface area (Å²) in [6, 6.07) is 19.6. The van der Waals surface area contributed by atoms with Gasteiger partial charge in [-0.05, 0) is 90.6 Å². The lowest BCUT2D eigenvalue weighted by Crippen LogP contribution is -2.54. The number of aromatic amines is 1. The number of phosphoric acid groups is 1. The summed E-state index contributed by atoms with van der Waals surface area (Å²) in [5.74, 6) is -3.20. The van der Waals surface area contributed by atoms with E-state index in [1.165, 1.54) is 23.1 Å². The molecule has 18 nitrogen and oxygen atoms in total. The minimum atomic E-state index is -4.94. The fourth-order valence-corrected chi connectivity index (χ4v) is 9.50. The third-order valence-corrected chi connectivity index (χ3v) is 13.4. The summed E-state index contributed by atoms with van der Waals surface area (Å²) in [7, 11) is -4.94. The van der Waals surface area contributed by atoms with Crippen molar-refractivity contribution in [3.63, 3.8) is 0 Å². The highest BCUT2D eigenvalue weighted by Crippen LogP contribution is 2.49. The van der Waals surface area contributed by atoms with Gasteiger partial charge in [-0.15, -0.1) is 11.6 Å². The molecule has 2 aliphatic heterocycles. The monoisotopic (exact) mass is 1010 g/mol. The molecule has 1 aromatic heterocycles. The van der Waals surface area contributed by atoms with Crippen molar-refractivity contribution in [2.45, 2.75) is 84.2 Å². The molecule has 0 aliphatic carbocycles. The number of alkyl halides is 1. The Kier molecular flexibility index (Phi) is 16.5. The fourth-order valence-electron chi connectivity index (χ4n) is 8.84. The van der Waals surface area contributed by atoms with Crippen molar-refractivity contribution in [1.29, 1.82) is 0 Å². The Balaban J connectivity index is 0.956. The predicted molar refractivity (Wildman–Crippen MR) is 270 cm³/mol. The maximum absolute atomic E-state index is 14.1. The topological polar surface area (TPSA) is 257 Å². The smallest absolute Gasteiger partial charge is 0.404 e. The van der Waals surface area contributed by atoms with Crippen LogP contribution in [0.4, 0.5) is 17.1 Å². The molecule has 4 atom stereocenters. The van der Waals surface area contributed by atoms with E-state index in [4.69, 9.17) is 16.1 Å². The van der Waals surface area contributed by atoms with E-state index in [2.05, 4.69) is 26.3 Å². The molecule has 0 bridgehead atoms. The number of nitrogens with one attached hydrogen (secondary N) is 5. The second-order valence-corrected chi connectivity index (χ2v) is 19.8. The number of H-pyrrole nitrogens is 1. The number of carbonyl (C=O) groups is 7. The Morgan fingerprint density at radius 3 is 2.20 bits per heavy atom. The average molecular weight is 1010 g/mol. The van der Waals surface area contributed by atoms with Crippen molar-refractivity contribution < 1.29 is 52.4 Å². The molecule has 0 saturated heterocycles. The zero-order valence-corrected chi connectivity index (χ0v) is 41.3. The second-order valence-electron chi connectivity index (χ2n) is 18.3. The molecule has 7 amide bonds. The maximum Gasteiger partial charge on any atom is 0.524 e. The first kappa shape index (κ1) is 52.0.